The summed E-state index contributed by atoms with van der Waals surface area (Å²) >= 11 is 6.15. The number of para-hydroxylation sites is 1. The number of furan rings is 1. The lowest BCUT2D eigenvalue weighted by atomic mass is 10.2. The Balaban J connectivity index is 1.79. The maximum absolute atomic E-state index is 6.15. The Morgan fingerprint density at radius 1 is 1.15 bits per heavy atom. The van der Waals surface area contributed by atoms with Crippen LogP contribution in [0.25, 0.3) is 11.0 Å². The van der Waals surface area contributed by atoms with Gasteiger partial charge in [0.2, 0.25) is 0 Å². The molecule has 3 nitrogen and oxygen atoms in total. The van der Waals surface area contributed by atoms with Gasteiger partial charge in [-0.1, -0.05) is 29.8 Å². The number of nitrogens with one attached hydrogen (secondary N) is 1. The summed E-state index contributed by atoms with van der Waals surface area (Å²) in [7, 11) is 1.63. The standard InChI is InChI=1S/C16H14ClNO2/c1-19-12-6-7-14(17)15(9-12)18-10-13-8-11-4-2-3-5-16(11)20-13/h2-9,18H,10H2,1H3. The van der Waals surface area contributed by atoms with Crippen LogP contribution in [0.15, 0.2) is 52.9 Å². The van der Waals surface area contributed by atoms with E-state index >= 15 is 0 Å². The molecule has 3 rings (SSSR count). The summed E-state index contributed by atoms with van der Waals surface area (Å²) in [4.78, 5) is 0. The van der Waals surface area contributed by atoms with E-state index in [1.165, 1.54) is 0 Å². The highest BCUT2D eigenvalue weighted by Gasteiger charge is 2.05. The molecule has 0 saturated carbocycles. The zero-order valence-electron chi connectivity index (χ0n) is 11.0. The third-order valence-electron chi connectivity index (χ3n) is 3.10. The van der Waals surface area contributed by atoms with Gasteiger partial charge in [0, 0.05) is 11.5 Å². The van der Waals surface area contributed by atoms with Gasteiger partial charge < -0.3 is 14.5 Å². The van der Waals surface area contributed by atoms with Crippen LogP contribution in [0, 0.1) is 0 Å². The predicted molar refractivity (Wildman–Crippen MR) is 81.5 cm³/mol. The van der Waals surface area contributed by atoms with Crippen LogP contribution in [0.4, 0.5) is 5.69 Å². The molecule has 1 N–H and O–H groups in total. The van der Waals surface area contributed by atoms with Crippen LogP contribution in [0.1, 0.15) is 5.76 Å². The van der Waals surface area contributed by atoms with Crippen LogP contribution in [0.2, 0.25) is 5.02 Å². The molecule has 1 heterocycles. The third-order valence-corrected chi connectivity index (χ3v) is 3.43. The number of anilines is 1. The van der Waals surface area contributed by atoms with E-state index in [1.807, 2.05) is 42.5 Å². The zero-order chi connectivity index (χ0) is 13.9. The van der Waals surface area contributed by atoms with E-state index in [-0.39, 0.29) is 0 Å². The molecular weight excluding hydrogens is 274 g/mol. The second-order valence-electron chi connectivity index (χ2n) is 4.45. The molecule has 0 saturated heterocycles. The van der Waals surface area contributed by atoms with Crippen molar-refractivity contribution in [1.29, 1.82) is 0 Å². The van der Waals surface area contributed by atoms with Gasteiger partial charge in [0.25, 0.3) is 0 Å². The van der Waals surface area contributed by atoms with Crippen LogP contribution in [0.5, 0.6) is 5.75 Å². The van der Waals surface area contributed by atoms with E-state index in [4.69, 9.17) is 20.8 Å². The first-order chi connectivity index (χ1) is 9.76. The average molecular weight is 288 g/mol. The number of benzene rings is 2. The molecule has 0 spiro atoms. The van der Waals surface area contributed by atoms with Crippen LogP contribution < -0.4 is 10.1 Å². The summed E-state index contributed by atoms with van der Waals surface area (Å²) in [5.74, 6) is 1.63. The monoisotopic (exact) mass is 287 g/mol. The first kappa shape index (κ1) is 12.9. The number of rotatable bonds is 4. The molecule has 4 heteroatoms. The molecule has 0 unspecified atom stereocenters. The number of halogens is 1. The minimum absolute atomic E-state index is 0.571. The highest BCUT2D eigenvalue weighted by molar-refractivity contribution is 6.33. The Morgan fingerprint density at radius 3 is 2.80 bits per heavy atom. The van der Waals surface area contributed by atoms with Crippen LogP contribution >= 0.6 is 11.6 Å². The van der Waals surface area contributed by atoms with E-state index in [2.05, 4.69) is 5.32 Å². The Kier molecular flexibility index (Phi) is 3.52. The van der Waals surface area contributed by atoms with Gasteiger partial charge in [0.05, 0.1) is 24.4 Å². The summed E-state index contributed by atoms with van der Waals surface area (Å²) in [6.45, 7) is 0.571. The zero-order valence-corrected chi connectivity index (χ0v) is 11.8. The van der Waals surface area contributed by atoms with E-state index in [9.17, 15) is 0 Å². The van der Waals surface area contributed by atoms with Gasteiger partial charge in [-0.15, -0.1) is 0 Å². The Morgan fingerprint density at radius 2 is 2.00 bits per heavy atom. The lowest BCUT2D eigenvalue weighted by molar-refractivity contribution is 0.415. The smallest absolute Gasteiger partial charge is 0.134 e. The van der Waals surface area contributed by atoms with E-state index in [1.54, 1.807) is 13.2 Å². The summed E-state index contributed by atoms with van der Waals surface area (Å²) in [6, 6.07) is 15.5. The molecule has 2 aromatic carbocycles. The lowest BCUT2D eigenvalue weighted by Crippen LogP contribution is -1.99. The highest BCUT2D eigenvalue weighted by atomic mass is 35.5. The summed E-state index contributed by atoms with van der Waals surface area (Å²) in [5, 5.41) is 5.01. The maximum Gasteiger partial charge on any atom is 0.134 e. The number of fused-ring (bicyclic) bond motifs is 1. The first-order valence-electron chi connectivity index (χ1n) is 6.31. The van der Waals surface area contributed by atoms with Crippen molar-refractivity contribution >= 4 is 28.3 Å². The van der Waals surface area contributed by atoms with Crippen LogP contribution in [0.3, 0.4) is 0 Å². The third kappa shape index (κ3) is 2.58. The van der Waals surface area contributed by atoms with E-state index < -0.39 is 0 Å². The molecule has 0 amide bonds. The second-order valence-corrected chi connectivity index (χ2v) is 4.86. The number of hydrogen-bond acceptors (Lipinski definition) is 3. The lowest BCUT2D eigenvalue weighted by Gasteiger charge is -2.08. The highest BCUT2D eigenvalue weighted by Crippen LogP contribution is 2.27. The molecule has 20 heavy (non-hydrogen) atoms. The summed E-state index contributed by atoms with van der Waals surface area (Å²) < 4.78 is 10.9. The second kappa shape index (κ2) is 5.47. The van der Waals surface area contributed by atoms with Crippen LogP contribution in [-0.4, -0.2) is 7.11 Å². The normalized spacial score (nSPS) is 10.7. The predicted octanol–water partition coefficient (Wildman–Crippen LogP) is 4.71. The molecule has 0 aliphatic heterocycles. The SMILES string of the molecule is COc1ccc(Cl)c(NCc2cc3ccccc3o2)c1. The van der Waals surface area contributed by atoms with Crippen molar-refractivity contribution in [2.24, 2.45) is 0 Å². The fraction of sp³-hybridized carbons (Fsp3) is 0.125. The van der Waals surface area contributed by atoms with Gasteiger partial charge >= 0.3 is 0 Å². The largest absolute Gasteiger partial charge is 0.497 e. The average Bonchev–Trinajstić information content (AvgIpc) is 2.89. The molecule has 0 aliphatic rings. The number of hydrogen-bond donors (Lipinski definition) is 1. The van der Waals surface area contributed by atoms with Crippen molar-refractivity contribution in [3.05, 3.63) is 59.3 Å². The first-order valence-corrected chi connectivity index (χ1v) is 6.69. The fourth-order valence-corrected chi connectivity index (χ4v) is 2.26. The fourth-order valence-electron chi connectivity index (χ4n) is 2.07. The molecule has 0 bridgehead atoms. The van der Waals surface area contributed by atoms with Crippen molar-refractivity contribution in [2.45, 2.75) is 6.54 Å². The molecule has 3 aromatic rings. The molecule has 0 aliphatic carbocycles. The summed E-state index contributed by atoms with van der Waals surface area (Å²) in [6.07, 6.45) is 0. The van der Waals surface area contributed by atoms with Gasteiger partial charge in [-0.25, -0.2) is 0 Å². The quantitative estimate of drug-likeness (QED) is 0.755. The molecule has 102 valence electrons. The van der Waals surface area contributed by atoms with Crippen molar-refractivity contribution in [2.75, 3.05) is 12.4 Å². The van der Waals surface area contributed by atoms with Crippen molar-refractivity contribution in [1.82, 2.24) is 0 Å². The molecular formula is C16H14ClNO2. The molecule has 0 radical (unpaired) electrons. The topological polar surface area (TPSA) is 34.4 Å². The summed E-state index contributed by atoms with van der Waals surface area (Å²) in [5.41, 5.74) is 1.72. The van der Waals surface area contributed by atoms with Gasteiger partial charge in [0.1, 0.15) is 17.1 Å². The molecule has 0 atom stereocenters. The van der Waals surface area contributed by atoms with Gasteiger partial charge in [-0.3, -0.25) is 0 Å². The van der Waals surface area contributed by atoms with Crippen molar-refractivity contribution in [3.8, 4) is 5.75 Å². The number of ether oxygens (including phenoxy) is 1. The van der Waals surface area contributed by atoms with E-state index in [0.717, 1.165) is 28.2 Å². The van der Waals surface area contributed by atoms with Crippen molar-refractivity contribution in [3.63, 3.8) is 0 Å². The van der Waals surface area contributed by atoms with Gasteiger partial charge in [-0.05, 0) is 24.3 Å². The Bertz CT molecular complexity index is 703. The van der Waals surface area contributed by atoms with Gasteiger partial charge in [0.15, 0.2) is 0 Å². The Hall–Kier alpha value is -2.13. The molecule has 0 fully saturated rings. The van der Waals surface area contributed by atoms with E-state index in [0.29, 0.717) is 11.6 Å². The Labute approximate surface area is 122 Å². The minimum Gasteiger partial charge on any atom is -0.497 e. The van der Waals surface area contributed by atoms with Crippen LogP contribution in [-0.2, 0) is 6.54 Å². The van der Waals surface area contributed by atoms with Crippen molar-refractivity contribution < 1.29 is 9.15 Å². The minimum atomic E-state index is 0.571. The molecule has 1 aromatic heterocycles. The van der Waals surface area contributed by atoms with Gasteiger partial charge in [-0.2, -0.15) is 0 Å². The number of methoxy groups -OCH3 is 1. The maximum atomic E-state index is 6.15.